The first-order valence-electron chi connectivity index (χ1n) is 16.1. The van der Waals surface area contributed by atoms with E-state index in [4.69, 9.17) is 4.74 Å². The third kappa shape index (κ3) is 7.73. The average Bonchev–Trinajstić information content (AvgIpc) is 3.14. The number of nitrogens with zero attached hydrogens (tertiary/aromatic N) is 2. The lowest BCUT2D eigenvalue weighted by atomic mass is 9.98. The molecule has 6 rings (SSSR count). The fourth-order valence-electron chi connectivity index (χ4n) is 5.67. The van der Waals surface area contributed by atoms with E-state index >= 15 is 0 Å². The lowest BCUT2D eigenvalue weighted by molar-refractivity contribution is 0.0990. The third-order valence-corrected chi connectivity index (χ3v) is 10.4. The summed E-state index contributed by atoms with van der Waals surface area (Å²) in [5.41, 5.74) is 5.88. The molecule has 0 aliphatic carbocycles. The van der Waals surface area contributed by atoms with E-state index in [1.165, 1.54) is 9.21 Å². The molecule has 250 valence electrons. The molecule has 2 N–H and O–H groups in total. The smallest absolute Gasteiger partial charge is 0.258 e. The van der Waals surface area contributed by atoms with Crippen molar-refractivity contribution in [2.45, 2.75) is 18.4 Å². The summed E-state index contributed by atoms with van der Waals surface area (Å²) in [7, 11) is -1.87. The minimum absolute atomic E-state index is 0.189. The van der Waals surface area contributed by atoms with Crippen LogP contribution >= 0.6 is 0 Å². The number of rotatable bonds is 10. The number of sulfonamides is 1. The number of carbonyl (C=O) groups excluding carboxylic acids is 2. The Labute approximate surface area is 287 Å². The molecule has 5 aromatic rings. The van der Waals surface area contributed by atoms with Gasteiger partial charge in [0.1, 0.15) is 12.4 Å². The number of amides is 2. The van der Waals surface area contributed by atoms with Gasteiger partial charge in [0.2, 0.25) is 10.0 Å². The first-order valence-corrected chi connectivity index (χ1v) is 17.5. The molecule has 2 amide bonds. The van der Waals surface area contributed by atoms with Crippen molar-refractivity contribution in [1.29, 1.82) is 0 Å². The van der Waals surface area contributed by atoms with Gasteiger partial charge in [-0.15, -0.1) is 0 Å². The first kappa shape index (κ1) is 33.6. The van der Waals surface area contributed by atoms with Gasteiger partial charge in [0, 0.05) is 50.0 Å². The molecule has 49 heavy (non-hydrogen) atoms. The standard InChI is InChI=1S/C39H38N4O5S/c1-28-11-15-30(16-12-28)34-7-3-4-8-35(34)38(44)41-32-19-17-31(18-20-32)39(45)42(2)36-9-5-6-10-37(36)48-27-29-13-21-33(22-14-29)49(46,47)43-25-23-40-24-26-43/h3-22,40H,23-27H2,1-2H3,(H,41,44). The van der Waals surface area contributed by atoms with Gasteiger partial charge in [-0.25, -0.2) is 8.42 Å². The highest BCUT2D eigenvalue weighted by atomic mass is 32.2. The summed E-state index contributed by atoms with van der Waals surface area (Å²) in [6.07, 6.45) is 0. The largest absolute Gasteiger partial charge is 0.487 e. The van der Waals surface area contributed by atoms with Gasteiger partial charge < -0.3 is 20.3 Å². The van der Waals surface area contributed by atoms with Gasteiger partial charge in [-0.1, -0.05) is 72.3 Å². The van der Waals surface area contributed by atoms with Crippen molar-refractivity contribution >= 4 is 33.2 Å². The predicted octanol–water partition coefficient (Wildman–Crippen LogP) is 6.36. The maximum atomic E-state index is 13.5. The number of anilines is 2. The van der Waals surface area contributed by atoms with Gasteiger partial charge in [0.25, 0.3) is 11.8 Å². The molecule has 1 fully saturated rings. The van der Waals surface area contributed by atoms with E-state index in [1.807, 2.05) is 61.5 Å². The van der Waals surface area contributed by atoms with Crippen LogP contribution in [0.5, 0.6) is 5.75 Å². The van der Waals surface area contributed by atoms with Crippen LogP contribution in [0.2, 0.25) is 0 Å². The monoisotopic (exact) mass is 674 g/mol. The second kappa shape index (κ2) is 14.9. The maximum absolute atomic E-state index is 13.5. The molecule has 0 aromatic heterocycles. The van der Waals surface area contributed by atoms with Crippen molar-refractivity contribution in [3.63, 3.8) is 0 Å². The molecule has 0 radical (unpaired) electrons. The average molecular weight is 675 g/mol. The lowest BCUT2D eigenvalue weighted by Crippen LogP contribution is -2.46. The van der Waals surface area contributed by atoms with Crippen LogP contribution in [0.15, 0.2) is 126 Å². The summed E-state index contributed by atoms with van der Waals surface area (Å²) in [5, 5.41) is 6.12. The Morgan fingerprint density at radius 2 is 1.47 bits per heavy atom. The zero-order chi connectivity index (χ0) is 34.4. The van der Waals surface area contributed by atoms with Gasteiger partial charge in [-0.05, 0) is 78.2 Å². The second-order valence-corrected chi connectivity index (χ2v) is 13.8. The third-order valence-electron chi connectivity index (χ3n) is 8.49. The van der Waals surface area contributed by atoms with Gasteiger partial charge in [0.15, 0.2) is 0 Å². The zero-order valence-corrected chi connectivity index (χ0v) is 28.2. The van der Waals surface area contributed by atoms with Gasteiger partial charge in [-0.2, -0.15) is 4.31 Å². The summed E-state index contributed by atoms with van der Waals surface area (Å²) in [4.78, 5) is 28.6. The van der Waals surface area contributed by atoms with E-state index < -0.39 is 10.0 Å². The van der Waals surface area contributed by atoms with Gasteiger partial charge in [0.05, 0.1) is 10.6 Å². The molecule has 0 atom stereocenters. The number of para-hydroxylation sites is 2. The van der Waals surface area contributed by atoms with Gasteiger partial charge >= 0.3 is 0 Å². The normalized spacial score (nSPS) is 13.4. The van der Waals surface area contributed by atoms with Crippen LogP contribution in [0, 0.1) is 6.92 Å². The summed E-state index contributed by atoms with van der Waals surface area (Å²) < 4.78 is 33.6. The number of hydrogen-bond donors (Lipinski definition) is 2. The SMILES string of the molecule is Cc1ccc(-c2ccccc2C(=O)Nc2ccc(C(=O)N(C)c3ccccc3OCc3ccc(S(=O)(=O)N4CCNCC4)cc3)cc2)cc1. The van der Waals surface area contributed by atoms with E-state index in [0.717, 1.165) is 22.3 Å². The topological polar surface area (TPSA) is 108 Å². The Balaban J connectivity index is 1.10. The molecule has 0 unspecified atom stereocenters. The fraction of sp³-hybridized carbons (Fsp3) is 0.179. The van der Waals surface area contributed by atoms with Crippen LogP contribution in [0.3, 0.4) is 0 Å². The Bertz CT molecular complexity index is 2040. The number of piperazine rings is 1. The predicted molar refractivity (Wildman–Crippen MR) is 193 cm³/mol. The minimum atomic E-state index is -3.55. The summed E-state index contributed by atoms with van der Waals surface area (Å²) in [6, 6.07) is 36.2. The minimum Gasteiger partial charge on any atom is -0.487 e. The van der Waals surface area contributed by atoms with E-state index in [1.54, 1.807) is 73.8 Å². The number of benzene rings is 5. The molecular formula is C39H38N4O5S. The Morgan fingerprint density at radius 3 is 2.18 bits per heavy atom. The molecule has 1 aliphatic heterocycles. The number of aryl methyl sites for hydroxylation is 1. The lowest BCUT2D eigenvalue weighted by Gasteiger charge is -2.26. The van der Waals surface area contributed by atoms with Crippen LogP contribution in [0.25, 0.3) is 11.1 Å². The highest BCUT2D eigenvalue weighted by Gasteiger charge is 2.25. The van der Waals surface area contributed by atoms with E-state index in [2.05, 4.69) is 10.6 Å². The molecule has 1 heterocycles. The quantitative estimate of drug-likeness (QED) is 0.179. The summed E-state index contributed by atoms with van der Waals surface area (Å²) in [6.45, 7) is 4.37. The highest BCUT2D eigenvalue weighted by Crippen LogP contribution is 2.30. The second-order valence-electron chi connectivity index (χ2n) is 11.9. The van der Waals surface area contributed by atoms with Crippen LogP contribution in [-0.4, -0.2) is 57.8 Å². The van der Waals surface area contributed by atoms with E-state index in [9.17, 15) is 18.0 Å². The number of nitrogens with one attached hydrogen (secondary N) is 2. The van der Waals surface area contributed by atoms with Crippen molar-refractivity contribution < 1.29 is 22.7 Å². The molecule has 1 saturated heterocycles. The van der Waals surface area contributed by atoms with Crippen molar-refractivity contribution in [3.05, 3.63) is 144 Å². The Morgan fingerprint density at radius 1 is 0.816 bits per heavy atom. The van der Waals surface area contributed by atoms with Crippen molar-refractivity contribution in [2.75, 3.05) is 43.4 Å². The molecule has 0 spiro atoms. The summed E-state index contributed by atoms with van der Waals surface area (Å²) in [5.74, 6) is 0.0161. The van der Waals surface area contributed by atoms with E-state index in [-0.39, 0.29) is 23.3 Å². The van der Waals surface area contributed by atoms with Gasteiger partial charge in [-0.3, -0.25) is 9.59 Å². The molecule has 5 aromatic carbocycles. The molecule has 0 saturated carbocycles. The van der Waals surface area contributed by atoms with E-state index in [0.29, 0.717) is 54.4 Å². The molecule has 1 aliphatic rings. The fourth-order valence-corrected chi connectivity index (χ4v) is 7.11. The van der Waals surface area contributed by atoms with Crippen molar-refractivity contribution in [3.8, 4) is 16.9 Å². The zero-order valence-electron chi connectivity index (χ0n) is 27.4. The van der Waals surface area contributed by atoms with Crippen molar-refractivity contribution in [1.82, 2.24) is 9.62 Å². The van der Waals surface area contributed by atoms with Crippen LogP contribution < -0.4 is 20.3 Å². The molecule has 0 bridgehead atoms. The Kier molecular flexibility index (Phi) is 10.2. The van der Waals surface area contributed by atoms with Crippen LogP contribution in [0.4, 0.5) is 11.4 Å². The number of carbonyl (C=O) groups is 2. The number of ether oxygens (including phenoxy) is 1. The number of hydrogen-bond acceptors (Lipinski definition) is 6. The van der Waals surface area contributed by atoms with Crippen LogP contribution in [-0.2, 0) is 16.6 Å². The molecular weight excluding hydrogens is 637 g/mol. The molecule has 9 nitrogen and oxygen atoms in total. The van der Waals surface area contributed by atoms with Crippen molar-refractivity contribution in [2.24, 2.45) is 0 Å². The molecule has 10 heteroatoms. The summed E-state index contributed by atoms with van der Waals surface area (Å²) >= 11 is 0. The Hall–Kier alpha value is -5.29. The highest BCUT2D eigenvalue weighted by molar-refractivity contribution is 7.89. The maximum Gasteiger partial charge on any atom is 0.258 e. The van der Waals surface area contributed by atoms with Crippen LogP contribution in [0.1, 0.15) is 31.8 Å². The first-order chi connectivity index (χ1) is 23.7.